The highest BCUT2D eigenvalue weighted by Crippen LogP contribution is 2.20. The Morgan fingerprint density at radius 3 is 2.67 bits per heavy atom. The SMILES string of the molecule is O=C(Nc1ccc(F)c(Br)c1)c1cncc(Br)c1. The molecule has 1 aromatic heterocycles. The summed E-state index contributed by atoms with van der Waals surface area (Å²) in [5.74, 6) is -0.681. The van der Waals surface area contributed by atoms with Crippen molar-refractivity contribution in [3.63, 3.8) is 0 Å². The first-order valence-corrected chi connectivity index (χ1v) is 6.52. The van der Waals surface area contributed by atoms with E-state index in [4.69, 9.17) is 0 Å². The number of carbonyl (C=O) groups is 1. The average Bonchev–Trinajstić information content (AvgIpc) is 2.34. The molecular formula is C12H7Br2FN2O. The van der Waals surface area contributed by atoms with Gasteiger partial charge in [-0.05, 0) is 56.1 Å². The molecule has 0 saturated carbocycles. The van der Waals surface area contributed by atoms with Crippen LogP contribution in [-0.2, 0) is 0 Å². The van der Waals surface area contributed by atoms with E-state index in [2.05, 4.69) is 42.2 Å². The Bertz CT molecular complexity index is 604. The topological polar surface area (TPSA) is 42.0 Å². The first-order valence-electron chi connectivity index (χ1n) is 4.93. The maximum absolute atomic E-state index is 13.0. The molecule has 0 spiro atoms. The lowest BCUT2D eigenvalue weighted by Gasteiger charge is -2.06. The lowest BCUT2D eigenvalue weighted by atomic mass is 10.2. The molecule has 1 heterocycles. The predicted molar refractivity (Wildman–Crippen MR) is 74.0 cm³/mol. The van der Waals surface area contributed by atoms with E-state index in [1.54, 1.807) is 12.3 Å². The van der Waals surface area contributed by atoms with Crippen LogP contribution >= 0.6 is 31.9 Å². The molecule has 1 amide bonds. The molecule has 3 nitrogen and oxygen atoms in total. The summed E-state index contributed by atoms with van der Waals surface area (Å²) in [6.45, 7) is 0. The van der Waals surface area contributed by atoms with Crippen molar-refractivity contribution in [3.8, 4) is 0 Å². The molecule has 0 radical (unpaired) electrons. The van der Waals surface area contributed by atoms with E-state index in [0.29, 0.717) is 15.7 Å². The molecule has 0 fully saturated rings. The van der Waals surface area contributed by atoms with Crippen molar-refractivity contribution in [2.75, 3.05) is 5.32 Å². The van der Waals surface area contributed by atoms with E-state index in [1.165, 1.54) is 24.4 Å². The maximum Gasteiger partial charge on any atom is 0.257 e. The highest BCUT2D eigenvalue weighted by molar-refractivity contribution is 9.10. The molecule has 1 N–H and O–H groups in total. The van der Waals surface area contributed by atoms with Gasteiger partial charge in [0.1, 0.15) is 5.82 Å². The molecule has 0 aliphatic carbocycles. The Balaban J connectivity index is 2.18. The lowest BCUT2D eigenvalue weighted by molar-refractivity contribution is 0.102. The summed E-state index contributed by atoms with van der Waals surface area (Å²) in [6.07, 6.45) is 3.05. The van der Waals surface area contributed by atoms with Gasteiger partial charge in [0.05, 0.1) is 10.0 Å². The number of nitrogens with zero attached hydrogens (tertiary/aromatic N) is 1. The molecule has 0 saturated heterocycles. The Morgan fingerprint density at radius 2 is 2.00 bits per heavy atom. The van der Waals surface area contributed by atoms with E-state index in [-0.39, 0.29) is 11.7 Å². The lowest BCUT2D eigenvalue weighted by Crippen LogP contribution is -2.12. The van der Waals surface area contributed by atoms with Crippen LogP contribution in [0.25, 0.3) is 0 Å². The second-order valence-electron chi connectivity index (χ2n) is 3.47. The Hall–Kier alpha value is -1.27. The van der Waals surface area contributed by atoms with Gasteiger partial charge in [-0.15, -0.1) is 0 Å². The number of rotatable bonds is 2. The Morgan fingerprint density at radius 1 is 1.22 bits per heavy atom. The zero-order chi connectivity index (χ0) is 13.1. The van der Waals surface area contributed by atoms with Crippen LogP contribution in [0.1, 0.15) is 10.4 Å². The zero-order valence-corrected chi connectivity index (χ0v) is 12.1. The Labute approximate surface area is 120 Å². The Kier molecular flexibility index (Phi) is 4.08. The summed E-state index contributed by atoms with van der Waals surface area (Å²) >= 11 is 6.30. The number of halogens is 3. The van der Waals surface area contributed by atoms with Crippen LogP contribution in [0.4, 0.5) is 10.1 Å². The fraction of sp³-hybridized carbons (Fsp3) is 0. The van der Waals surface area contributed by atoms with Crippen LogP contribution in [0.15, 0.2) is 45.6 Å². The van der Waals surface area contributed by atoms with E-state index < -0.39 is 0 Å². The summed E-state index contributed by atoms with van der Waals surface area (Å²) in [7, 11) is 0. The number of aromatic nitrogens is 1. The summed E-state index contributed by atoms with van der Waals surface area (Å²) < 4.78 is 14.1. The predicted octanol–water partition coefficient (Wildman–Crippen LogP) is 4.00. The van der Waals surface area contributed by atoms with E-state index in [9.17, 15) is 9.18 Å². The van der Waals surface area contributed by atoms with Crippen molar-refractivity contribution >= 4 is 43.5 Å². The third-order valence-electron chi connectivity index (χ3n) is 2.14. The first kappa shape index (κ1) is 13.2. The minimum Gasteiger partial charge on any atom is -0.322 e. The third-order valence-corrected chi connectivity index (χ3v) is 3.19. The molecule has 0 unspecified atom stereocenters. The number of nitrogens with one attached hydrogen (secondary N) is 1. The number of hydrogen-bond donors (Lipinski definition) is 1. The van der Waals surface area contributed by atoms with Gasteiger partial charge in [0.15, 0.2) is 0 Å². The number of anilines is 1. The van der Waals surface area contributed by atoms with Gasteiger partial charge in [-0.2, -0.15) is 0 Å². The second kappa shape index (κ2) is 5.58. The first-order chi connectivity index (χ1) is 8.56. The van der Waals surface area contributed by atoms with Gasteiger partial charge in [0.2, 0.25) is 0 Å². The molecule has 2 aromatic rings. The largest absolute Gasteiger partial charge is 0.322 e. The monoisotopic (exact) mass is 372 g/mol. The average molecular weight is 374 g/mol. The van der Waals surface area contributed by atoms with Gasteiger partial charge in [-0.1, -0.05) is 0 Å². The summed E-state index contributed by atoms with van der Waals surface area (Å²) in [6, 6.07) is 5.92. The van der Waals surface area contributed by atoms with Crippen LogP contribution in [0, 0.1) is 5.82 Å². The molecule has 92 valence electrons. The fourth-order valence-electron chi connectivity index (χ4n) is 1.31. The van der Waals surface area contributed by atoms with E-state index >= 15 is 0 Å². The van der Waals surface area contributed by atoms with Gasteiger partial charge in [0.25, 0.3) is 5.91 Å². The summed E-state index contributed by atoms with van der Waals surface area (Å²) in [5, 5.41) is 2.66. The molecule has 6 heteroatoms. The molecule has 18 heavy (non-hydrogen) atoms. The van der Waals surface area contributed by atoms with Crippen LogP contribution in [0.5, 0.6) is 0 Å². The number of carbonyl (C=O) groups excluding carboxylic acids is 1. The number of pyridine rings is 1. The van der Waals surface area contributed by atoms with Crippen molar-refractivity contribution in [1.82, 2.24) is 4.98 Å². The third kappa shape index (κ3) is 3.14. The quantitative estimate of drug-likeness (QED) is 0.864. The van der Waals surface area contributed by atoms with Crippen LogP contribution < -0.4 is 5.32 Å². The molecule has 0 aliphatic rings. The fourth-order valence-corrected chi connectivity index (χ4v) is 2.06. The van der Waals surface area contributed by atoms with Gasteiger partial charge in [-0.3, -0.25) is 9.78 Å². The van der Waals surface area contributed by atoms with E-state index in [1.807, 2.05) is 0 Å². The molecule has 1 aromatic carbocycles. The van der Waals surface area contributed by atoms with Crippen molar-refractivity contribution in [3.05, 3.63) is 57.0 Å². The minimum atomic E-state index is -0.378. The highest BCUT2D eigenvalue weighted by Gasteiger charge is 2.08. The van der Waals surface area contributed by atoms with E-state index in [0.717, 1.165) is 4.47 Å². The van der Waals surface area contributed by atoms with Crippen LogP contribution in [0.2, 0.25) is 0 Å². The normalized spacial score (nSPS) is 10.2. The number of hydrogen-bond acceptors (Lipinski definition) is 2. The number of amides is 1. The van der Waals surface area contributed by atoms with Gasteiger partial charge < -0.3 is 5.32 Å². The maximum atomic E-state index is 13.0. The zero-order valence-electron chi connectivity index (χ0n) is 8.95. The molecule has 0 bridgehead atoms. The summed E-state index contributed by atoms with van der Waals surface area (Å²) in [4.78, 5) is 15.8. The van der Waals surface area contributed by atoms with Gasteiger partial charge in [0, 0.05) is 22.6 Å². The molecule has 0 aliphatic heterocycles. The number of benzene rings is 1. The molecular weight excluding hydrogens is 367 g/mol. The molecule has 0 atom stereocenters. The molecule has 2 rings (SSSR count). The van der Waals surface area contributed by atoms with Crippen LogP contribution in [-0.4, -0.2) is 10.9 Å². The van der Waals surface area contributed by atoms with Gasteiger partial charge >= 0.3 is 0 Å². The summed E-state index contributed by atoms with van der Waals surface area (Å²) in [5.41, 5.74) is 0.929. The van der Waals surface area contributed by atoms with Crippen LogP contribution in [0.3, 0.4) is 0 Å². The smallest absolute Gasteiger partial charge is 0.257 e. The highest BCUT2D eigenvalue weighted by atomic mass is 79.9. The van der Waals surface area contributed by atoms with Crippen molar-refractivity contribution in [1.29, 1.82) is 0 Å². The second-order valence-corrected chi connectivity index (χ2v) is 5.24. The van der Waals surface area contributed by atoms with Gasteiger partial charge in [-0.25, -0.2) is 4.39 Å². The standard InChI is InChI=1S/C12H7Br2FN2O/c13-8-3-7(5-16-6-8)12(18)17-9-1-2-11(15)10(14)4-9/h1-6H,(H,17,18). The minimum absolute atomic E-state index is 0.299. The van der Waals surface area contributed by atoms with Crippen molar-refractivity contribution < 1.29 is 9.18 Å². The van der Waals surface area contributed by atoms with Crippen molar-refractivity contribution in [2.24, 2.45) is 0 Å². The van der Waals surface area contributed by atoms with Crippen molar-refractivity contribution in [2.45, 2.75) is 0 Å².